The second-order valence-electron chi connectivity index (χ2n) is 2.52. The van der Waals surface area contributed by atoms with Crippen LogP contribution in [0.1, 0.15) is 22.3 Å². The normalized spacial score (nSPS) is 10.6. The minimum atomic E-state index is -3.12. The molecule has 0 bridgehead atoms. The van der Waals surface area contributed by atoms with Gasteiger partial charge in [0.25, 0.3) is 12.3 Å². The maximum absolute atomic E-state index is 12.8. The van der Waals surface area contributed by atoms with Crippen LogP contribution in [0.3, 0.4) is 0 Å². The highest BCUT2D eigenvalue weighted by Gasteiger charge is 2.19. The van der Waals surface area contributed by atoms with Gasteiger partial charge in [0.2, 0.25) is 0 Å². The number of benzene rings is 1. The quantitative estimate of drug-likeness (QED) is 0.740. The lowest BCUT2D eigenvalue weighted by Gasteiger charge is -2.04. The van der Waals surface area contributed by atoms with E-state index >= 15 is 0 Å². The van der Waals surface area contributed by atoms with E-state index in [0.29, 0.717) is 6.07 Å². The highest BCUT2D eigenvalue weighted by atomic mass is 19.3. The van der Waals surface area contributed by atoms with E-state index in [4.69, 9.17) is 0 Å². The predicted octanol–water partition coefficient (Wildman–Crippen LogP) is 2.00. The number of alkyl halides is 2. The first-order valence-electron chi connectivity index (χ1n) is 3.50. The Bertz CT molecular complexity index is 378. The van der Waals surface area contributed by atoms with Crippen LogP contribution in [0.2, 0.25) is 0 Å². The molecule has 0 atom stereocenters. The van der Waals surface area contributed by atoms with Crippen molar-refractivity contribution in [3.63, 3.8) is 0 Å². The zero-order valence-electron chi connectivity index (χ0n) is 6.73. The van der Waals surface area contributed by atoms with E-state index < -0.39 is 35.1 Å². The van der Waals surface area contributed by atoms with Crippen LogP contribution in [-0.2, 0) is 0 Å². The minimum absolute atomic E-state index is 0.210. The first-order valence-corrected chi connectivity index (χ1v) is 3.50. The summed E-state index contributed by atoms with van der Waals surface area (Å²) >= 11 is 0. The van der Waals surface area contributed by atoms with Gasteiger partial charge in [0.15, 0.2) is 0 Å². The number of nitrogens with two attached hydrogens (primary N) is 1. The Labute approximate surface area is 76.3 Å². The van der Waals surface area contributed by atoms with Gasteiger partial charge in [-0.15, -0.1) is 0 Å². The molecule has 1 amide bonds. The minimum Gasteiger partial charge on any atom is -0.366 e. The van der Waals surface area contributed by atoms with Crippen molar-refractivity contribution in [1.82, 2.24) is 0 Å². The zero-order chi connectivity index (χ0) is 10.9. The molecule has 0 saturated carbocycles. The van der Waals surface area contributed by atoms with Gasteiger partial charge < -0.3 is 5.73 Å². The van der Waals surface area contributed by atoms with Gasteiger partial charge in [-0.2, -0.15) is 0 Å². The van der Waals surface area contributed by atoms with Crippen molar-refractivity contribution >= 4 is 5.91 Å². The van der Waals surface area contributed by atoms with Gasteiger partial charge in [-0.05, 0) is 6.07 Å². The Kier molecular flexibility index (Phi) is 2.73. The van der Waals surface area contributed by atoms with Crippen LogP contribution >= 0.6 is 0 Å². The van der Waals surface area contributed by atoms with Gasteiger partial charge >= 0.3 is 0 Å². The third-order valence-electron chi connectivity index (χ3n) is 1.59. The molecular weight excluding hydrogens is 202 g/mol. The molecule has 0 radical (unpaired) electrons. The summed E-state index contributed by atoms with van der Waals surface area (Å²) in [6.07, 6.45) is -3.12. The summed E-state index contributed by atoms with van der Waals surface area (Å²) in [7, 11) is 0. The number of carbonyl (C=O) groups excluding carboxylic acids is 1. The van der Waals surface area contributed by atoms with Gasteiger partial charge in [0, 0.05) is 6.07 Å². The van der Waals surface area contributed by atoms with Gasteiger partial charge in [-0.1, -0.05) is 0 Å². The van der Waals surface area contributed by atoms with Crippen molar-refractivity contribution in [2.75, 3.05) is 0 Å². The number of amides is 1. The zero-order valence-corrected chi connectivity index (χ0v) is 6.73. The van der Waals surface area contributed by atoms with Crippen LogP contribution in [0, 0.1) is 11.6 Å². The van der Waals surface area contributed by atoms with Crippen molar-refractivity contribution in [2.24, 2.45) is 5.73 Å². The Morgan fingerprint density at radius 3 is 2.21 bits per heavy atom. The molecule has 6 heteroatoms. The van der Waals surface area contributed by atoms with Crippen LogP contribution in [-0.4, -0.2) is 5.91 Å². The maximum atomic E-state index is 12.8. The molecule has 0 unspecified atom stereocenters. The molecular formula is C8H5F4NO. The summed E-state index contributed by atoms with van der Waals surface area (Å²) in [5.41, 5.74) is 2.90. The smallest absolute Gasteiger partial charge is 0.266 e. The highest BCUT2D eigenvalue weighted by molar-refractivity contribution is 5.93. The van der Waals surface area contributed by atoms with E-state index in [-0.39, 0.29) is 6.07 Å². The van der Waals surface area contributed by atoms with Crippen molar-refractivity contribution < 1.29 is 22.4 Å². The first kappa shape index (κ1) is 10.5. The average molecular weight is 207 g/mol. The topological polar surface area (TPSA) is 43.1 Å². The second-order valence-corrected chi connectivity index (χ2v) is 2.52. The van der Waals surface area contributed by atoms with E-state index in [9.17, 15) is 22.4 Å². The van der Waals surface area contributed by atoms with Crippen LogP contribution in [0.15, 0.2) is 12.1 Å². The molecule has 0 saturated heterocycles. The lowest BCUT2D eigenvalue weighted by atomic mass is 10.1. The Hall–Kier alpha value is -1.59. The number of carbonyl (C=O) groups is 1. The molecule has 0 heterocycles. The molecule has 1 aromatic carbocycles. The number of hydrogen-bond acceptors (Lipinski definition) is 1. The van der Waals surface area contributed by atoms with Gasteiger partial charge in [-0.25, -0.2) is 17.6 Å². The molecule has 0 fully saturated rings. The first-order chi connectivity index (χ1) is 6.43. The molecule has 0 spiro atoms. The SMILES string of the molecule is NC(=O)c1cc(C(F)F)c(F)cc1F. The molecule has 2 nitrogen and oxygen atoms in total. The molecule has 0 aliphatic rings. The Morgan fingerprint density at radius 1 is 1.21 bits per heavy atom. The second kappa shape index (κ2) is 3.65. The van der Waals surface area contributed by atoms with Crippen molar-refractivity contribution in [1.29, 1.82) is 0 Å². The van der Waals surface area contributed by atoms with Crippen molar-refractivity contribution in [3.05, 3.63) is 34.9 Å². The van der Waals surface area contributed by atoms with Gasteiger partial charge in [-0.3, -0.25) is 4.79 Å². The van der Waals surface area contributed by atoms with E-state index in [1.54, 1.807) is 0 Å². The van der Waals surface area contributed by atoms with E-state index in [1.165, 1.54) is 0 Å². The number of halogens is 4. The van der Waals surface area contributed by atoms with Crippen molar-refractivity contribution in [2.45, 2.75) is 6.43 Å². The summed E-state index contributed by atoms with van der Waals surface area (Å²) in [5, 5.41) is 0. The van der Waals surface area contributed by atoms with Crippen LogP contribution in [0.25, 0.3) is 0 Å². The molecule has 14 heavy (non-hydrogen) atoms. The van der Waals surface area contributed by atoms with Crippen molar-refractivity contribution in [3.8, 4) is 0 Å². The maximum Gasteiger partial charge on any atom is 0.266 e. The molecule has 0 aliphatic heterocycles. The Balaban J connectivity index is 3.34. The number of rotatable bonds is 2. The van der Waals surface area contributed by atoms with E-state index in [2.05, 4.69) is 5.73 Å². The summed E-state index contributed by atoms with van der Waals surface area (Å²) < 4.78 is 49.6. The average Bonchev–Trinajstić information content (AvgIpc) is 2.02. The summed E-state index contributed by atoms with van der Waals surface area (Å²) in [5.74, 6) is -3.87. The van der Waals surface area contributed by atoms with Crippen LogP contribution in [0.5, 0.6) is 0 Å². The predicted molar refractivity (Wildman–Crippen MR) is 39.8 cm³/mol. The van der Waals surface area contributed by atoms with E-state index in [1.807, 2.05) is 0 Å². The third-order valence-corrected chi connectivity index (χ3v) is 1.59. The van der Waals surface area contributed by atoms with Crippen LogP contribution < -0.4 is 5.73 Å². The largest absolute Gasteiger partial charge is 0.366 e. The molecule has 1 aromatic rings. The third kappa shape index (κ3) is 1.84. The van der Waals surface area contributed by atoms with Gasteiger partial charge in [0.05, 0.1) is 11.1 Å². The molecule has 0 aliphatic carbocycles. The fourth-order valence-electron chi connectivity index (χ4n) is 0.922. The molecule has 1 rings (SSSR count). The standard InChI is InChI=1S/C8H5F4NO/c9-5-2-6(10)4(8(13)14)1-3(5)7(11)12/h1-2,7H,(H2,13,14). The fourth-order valence-corrected chi connectivity index (χ4v) is 0.922. The van der Waals surface area contributed by atoms with Crippen LogP contribution in [0.4, 0.5) is 17.6 Å². The highest BCUT2D eigenvalue weighted by Crippen LogP contribution is 2.24. The fraction of sp³-hybridized carbons (Fsp3) is 0.125. The van der Waals surface area contributed by atoms with Gasteiger partial charge in [0.1, 0.15) is 11.6 Å². The summed E-state index contributed by atoms with van der Waals surface area (Å²) in [6.45, 7) is 0. The number of hydrogen-bond donors (Lipinski definition) is 1. The molecule has 0 aromatic heterocycles. The lowest BCUT2D eigenvalue weighted by Crippen LogP contribution is -2.14. The lowest BCUT2D eigenvalue weighted by molar-refractivity contribution is 0.0995. The Morgan fingerprint density at radius 2 is 1.79 bits per heavy atom. The summed E-state index contributed by atoms with van der Waals surface area (Å²) in [4.78, 5) is 10.5. The number of primary amides is 1. The summed E-state index contributed by atoms with van der Waals surface area (Å²) in [6, 6.07) is 0.624. The molecule has 76 valence electrons. The van der Waals surface area contributed by atoms with E-state index in [0.717, 1.165) is 0 Å². The monoisotopic (exact) mass is 207 g/mol. The molecule has 2 N–H and O–H groups in total.